The summed E-state index contributed by atoms with van der Waals surface area (Å²) in [5.41, 5.74) is 1.61. The number of hydrogen-bond acceptors (Lipinski definition) is 6. The van der Waals surface area contributed by atoms with Gasteiger partial charge in [-0.25, -0.2) is 14.8 Å². The Morgan fingerprint density at radius 1 is 0.879 bits per heavy atom. The van der Waals surface area contributed by atoms with Crippen LogP contribution in [0.1, 0.15) is 0 Å². The first-order valence-electron chi connectivity index (χ1n) is 10.8. The lowest BCUT2D eigenvalue weighted by atomic mass is 10.1. The van der Waals surface area contributed by atoms with Gasteiger partial charge in [0.05, 0.1) is 25.4 Å². The largest absolute Gasteiger partial charge is 0.493 e. The normalized spacial score (nSPS) is 13.9. The van der Waals surface area contributed by atoms with Gasteiger partial charge in [-0.05, 0) is 17.5 Å². The van der Waals surface area contributed by atoms with Crippen molar-refractivity contribution in [3.63, 3.8) is 0 Å². The molecule has 0 atom stereocenters. The number of aromatic nitrogens is 2. The van der Waals surface area contributed by atoms with E-state index in [1.54, 1.807) is 20.5 Å². The van der Waals surface area contributed by atoms with Crippen LogP contribution in [-0.4, -0.2) is 61.3 Å². The molecule has 5 rings (SSSR count). The number of urea groups is 1. The molecule has 2 heterocycles. The van der Waals surface area contributed by atoms with Crippen molar-refractivity contribution in [1.82, 2.24) is 14.9 Å². The van der Waals surface area contributed by atoms with Gasteiger partial charge in [0, 0.05) is 43.0 Å². The van der Waals surface area contributed by atoms with E-state index in [0.29, 0.717) is 37.7 Å². The van der Waals surface area contributed by atoms with Crippen LogP contribution in [0.15, 0.2) is 60.9 Å². The molecule has 1 N–H and O–H groups in total. The Morgan fingerprint density at radius 3 is 2.39 bits per heavy atom. The molecule has 3 aromatic carbocycles. The number of anilines is 2. The first-order valence-corrected chi connectivity index (χ1v) is 10.8. The number of methoxy groups -OCH3 is 2. The highest BCUT2D eigenvalue weighted by Crippen LogP contribution is 2.35. The van der Waals surface area contributed by atoms with Crippen LogP contribution in [0.2, 0.25) is 0 Å². The maximum absolute atomic E-state index is 13.0. The van der Waals surface area contributed by atoms with E-state index in [1.807, 2.05) is 59.5 Å². The van der Waals surface area contributed by atoms with E-state index in [-0.39, 0.29) is 6.03 Å². The molecule has 0 radical (unpaired) electrons. The minimum Gasteiger partial charge on any atom is -0.493 e. The number of carbonyl (C=O) groups is 1. The highest BCUT2D eigenvalue weighted by Gasteiger charge is 2.24. The predicted octanol–water partition coefficient (Wildman–Crippen LogP) is 4.15. The molecule has 1 fully saturated rings. The number of amides is 2. The van der Waals surface area contributed by atoms with Crippen molar-refractivity contribution in [2.45, 2.75) is 0 Å². The zero-order chi connectivity index (χ0) is 22.8. The van der Waals surface area contributed by atoms with Crippen molar-refractivity contribution in [2.24, 2.45) is 0 Å². The minimum atomic E-state index is -0.0926. The van der Waals surface area contributed by atoms with Gasteiger partial charge in [-0.2, -0.15) is 0 Å². The highest BCUT2D eigenvalue weighted by atomic mass is 16.5. The number of nitrogens with zero attached hydrogens (tertiary/aromatic N) is 4. The number of benzene rings is 3. The quantitative estimate of drug-likeness (QED) is 0.510. The van der Waals surface area contributed by atoms with Crippen LogP contribution in [0.25, 0.3) is 21.7 Å². The Morgan fingerprint density at radius 2 is 1.61 bits per heavy atom. The lowest BCUT2D eigenvalue weighted by molar-refractivity contribution is 0.208. The Hall–Kier alpha value is -4.07. The molecule has 0 unspecified atom stereocenters. The van der Waals surface area contributed by atoms with E-state index < -0.39 is 0 Å². The topological polar surface area (TPSA) is 79.8 Å². The zero-order valence-corrected chi connectivity index (χ0v) is 18.6. The summed E-state index contributed by atoms with van der Waals surface area (Å²) in [5.74, 6) is 2.09. The number of nitrogens with one attached hydrogen (secondary N) is 1. The van der Waals surface area contributed by atoms with Crippen molar-refractivity contribution in [1.29, 1.82) is 0 Å². The van der Waals surface area contributed by atoms with Crippen LogP contribution >= 0.6 is 0 Å². The molecule has 33 heavy (non-hydrogen) atoms. The highest BCUT2D eigenvalue weighted by molar-refractivity contribution is 6.01. The number of carbonyl (C=O) groups excluding carboxylic acids is 1. The van der Waals surface area contributed by atoms with Crippen LogP contribution < -0.4 is 19.7 Å². The van der Waals surface area contributed by atoms with Crippen molar-refractivity contribution < 1.29 is 14.3 Å². The van der Waals surface area contributed by atoms with E-state index in [9.17, 15) is 4.79 Å². The second-order valence-electron chi connectivity index (χ2n) is 7.85. The fraction of sp³-hybridized carbons (Fsp3) is 0.240. The van der Waals surface area contributed by atoms with Crippen LogP contribution in [-0.2, 0) is 0 Å². The summed E-state index contributed by atoms with van der Waals surface area (Å²) in [7, 11) is 3.22. The van der Waals surface area contributed by atoms with Gasteiger partial charge >= 0.3 is 6.03 Å². The van der Waals surface area contributed by atoms with Crippen LogP contribution in [0.5, 0.6) is 11.5 Å². The molecule has 0 spiro atoms. The Labute approximate surface area is 191 Å². The Kier molecular flexibility index (Phi) is 5.56. The molecular formula is C25H25N5O3. The Bertz CT molecular complexity index is 1310. The maximum Gasteiger partial charge on any atom is 0.321 e. The monoisotopic (exact) mass is 443 g/mol. The van der Waals surface area contributed by atoms with Crippen LogP contribution in [0.4, 0.5) is 16.3 Å². The van der Waals surface area contributed by atoms with E-state index in [1.165, 1.54) is 0 Å². The summed E-state index contributed by atoms with van der Waals surface area (Å²) < 4.78 is 10.9. The van der Waals surface area contributed by atoms with Gasteiger partial charge < -0.3 is 24.6 Å². The number of piperazine rings is 1. The van der Waals surface area contributed by atoms with Gasteiger partial charge in [-0.15, -0.1) is 0 Å². The molecule has 168 valence electrons. The second kappa shape index (κ2) is 8.82. The molecule has 0 aliphatic carbocycles. The van der Waals surface area contributed by atoms with Crippen molar-refractivity contribution in [3.05, 3.63) is 60.9 Å². The summed E-state index contributed by atoms with van der Waals surface area (Å²) in [4.78, 5) is 25.9. The molecule has 1 aromatic heterocycles. The summed E-state index contributed by atoms with van der Waals surface area (Å²) in [6, 6.07) is 17.6. The maximum atomic E-state index is 13.0. The fourth-order valence-corrected chi connectivity index (χ4v) is 4.27. The molecule has 1 saturated heterocycles. The number of hydrogen-bond donors (Lipinski definition) is 1. The van der Waals surface area contributed by atoms with E-state index >= 15 is 0 Å². The molecule has 1 aliphatic rings. The van der Waals surface area contributed by atoms with E-state index in [2.05, 4.69) is 20.2 Å². The average molecular weight is 444 g/mol. The smallest absolute Gasteiger partial charge is 0.321 e. The van der Waals surface area contributed by atoms with Crippen LogP contribution in [0.3, 0.4) is 0 Å². The van der Waals surface area contributed by atoms with Crippen molar-refractivity contribution in [2.75, 3.05) is 50.6 Å². The van der Waals surface area contributed by atoms with E-state index in [0.717, 1.165) is 33.2 Å². The van der Waals surface area contributed by atoms with Gasteiger partial charge in [0.25, 0.3) is 0 Å². The summed E-state index contributed by atoms with van der Waals surface area (Å²) >= 11 is 0. The van der Waals surface area contributed by atoms with Crippen molar-refractivity contribution >= 4 is 39.2 Å². The second-order valence-corrected chi connectivity index (χ2v) is 7.85. The lowest BCUT2D eigenvalue weighted by Crippen LogP contribution is -2.50. The number of rotatable bonds is 4. The van der Waals surface area contributed by atoms with Gasteiger partial charge in [-0.3, -0.25) is 0 Å². The SMILES string of the molecule is COc1cc2ncnc(N3CCN(C(=O)Nc4cccc5ccccc45)CC3)c2cc1OC. The number of fused-ring (bicyclic) bond motifs is 2. The Balaban J connectivity index is 1.32. The third kappa shape index (κ3) is 3.95. The molecule has 0 bridgehead atoms. The van der Waals surface area contributed by atoms with Gasteiger partial charge in [0.15, 0.2) is 11.5 Å². The molecule has 8 heteroatoms. The molecule has 8 nitrogen and oxygen atoms in total. The summed E-state index contributed by atoms with van der Waals surface area (Å²) in [5, 5.41) is 6.10. The molecule has 1 aliphatic heterocycles. The first kappa shape index (κ1) is 20.8. The fourth-order valence-electron chi connectivity index (χ4n) is 4.27. The molecule has 2 amide bonds. The predicted molar refractivity (Wildman–Crippen MR) is 129 cm³/mol. The summed E-state index contributed by atoms with van der Waals surface area (Å²) in [6.07, 6.45) is 1.56. The molecule has 4 aromatic rings. The molecule has 0 saturated carbocycles. The van der Waals surface area contributed by atoms with Crippen molar-refractivity contribution in [3.8, 4) is 11.5 Å². The van der Waals surface area contributed by atoms with Gasteiger partial charge in [0.2, 0.25) is 0 Å². The van der Waals surface area contributed by atoms with Gasteiger partial charge in [-0.1, -0.05) is 36.4 Å². The average Bonchev–Trinajstić information content (AvgIpc) is 2.87. The minimum absolute atomic E-state index is 0.0926. The lowest BCUT2D eigenvalue weighted by Gasteiger charge is -2.35. The molecular weight excluding hydrogens is 418 g/mol. The van der Waals surface area contributed by atoms with Crippen LogP contribution in [0, 0.1) is 0 Å². The third-order valence-electron chi connectivity index (χ3n) is 6.02. The first-order chi connectivity index (χ1) is 16.2. The van der Waals surface area contributed by atoms with E-state index in [4.69, 9.17) is 9.47 Å². The standard InChI is InChI=1S/C25H25N5O3/c1-32-22-14-19-21(15-23(22)33-2)26-16-27-24(19)29-10-12-30(13-11-29)25(31)28-20-9-5-7-17-6-3-4-8-18(17)20/h3-9,14-16H,10-13H2,1-2H3,(H,28,31). The summed E-state index contributed by atoms with van der Waals surface area (Å²) in [6.45, 7) is 2.53. The number of ether oxygens (including phenoxy) is 2. The third-order valence-corrected chi connectivity index (χ3v) is 6.02. The van der Waals surface area contributed by atoms with Gasteiger partial charge in [0.1, 0.15) is 12.1 Å². The zero-order valence-electron chi connectivity index (χ0n) is 18.6.